The average molecular weight is 252 g/mol. The van der Waals surface area contributed by atoms with Gasteiger partial charge in [0.1, 0.15) is 0 Å². The first-order chi connectivity index (χ1) is 8.40. The first-order valence-electron chi connectivity index (χ1n) is 7.47. The maximum Gasteiger partial charge on any atom is 0.224 e. The largest absolute Gasteiger partial charge is 0.342 e. The van der Waals surface area contributed by atoms with Crippen LogP contribution in [0.15, 0.2) is 0 Å². The van der Waals surface area contributed by atoms with E-state index in [1.807, 2.05) is 4.90 Å². The number of nitrogens with zero attached hydrogens (tertiary/aromatic N) is 1. The van der Waals surface area contributed by atoms with Gasteiger partial charge in [-0.25, -0.2) is 0 Å². The van der Waals surface area contributed by atoms with Crippen molar-refractivity contribution in [1.29, 1.82) is 0 Å². The highest BCUT2D eigenvalue weighted by Gasteiger charge is 2.34. The third-order valence-corrected chi connectivity index (χ3v) is 4.61. The molecule has 18 heavy (non-hydrogen) atoms. The Morgan fingerprint density at radius 2 is 1.78 bits per heavy atom. The number of carbonyl (C=O) groups is 1. The molecule has 0 unspecified atom stereocenters. The number of carbonyl (C=O) groups excluding carboxylic acids is 1. The van der Waals surface area contributed by atoms with E-state index in [9.17, 15) is 4.79 Å². The lowest BCUT2D eigenvalue weighted by molar-refractivity contribution is -0.135. The van der Waals surface area contributed by atoms with Crippen LogP contribution >= 0.6 is 0 Å². The number of amides is 1. The summed E-state index contributed by atoms with van der Waals surface area (Å²) in [7, 11) is 0. The van der Waals surface area contributed by atoms with E-state index in [1.165, 1.54) is 25.7 Å². The fourth-order valence-electron chi connectivity index (χ4n) is 3.48. The lowest BCUT2D eigenvalue weighted by atomic mass is 9.79. The van der Waals surface area contributed by atoms with E-state index in [-0.39, 0.29) is 16.9 Å². The molecule has 1 aliphatic heterocycles. The van der Waals surface area contributed by atoms with Crippen molar-refractivity contribution < 1.29 is 4.79 Å². The predicted molar refractivity (Wildman–Crippen MR) is 74.2 cm³/mol. The number of hydrogen-bond acceptors (Lipinski definition) is 2. The van der Waals surface area contributed by atoms with Crippen LogP contribution in [0.25, 0.3) is 0 Å². The van der Waals surface area contributed by atoms with E-state index in [2.05, 4.69) is 13.8 Å². The summed E-state index contributed by atoms with van der Waals surface area (Å²) in [5.74, 6) is 0.284. The molecule has 0 aromatic rings. The second kappa shape index (κ2) is 5.20. The van der Waals surface area contributed by atoms with Gasteiger partial charge in [-0.05, 0) is 31.1 Å². The van der Waals surface area contributed by atoms with Crippen LogP contribution in [0.3, 0.4) is 0 Å². The summed E-state index contributed by atoms with van der Waals surface area (Å²) in [6.07, 6.45) is 8.63. The molecule has 3 nitrogen and oxygen atoms in total. The van der Waals surface area contributed by atoms with E-state index in [0.29, 0.717) is 6.42 Å². The number of likely N-dealkylation sites (tertiary alicyclic amines) is 1. The van der Waals surface area contributed by atoms with Gasteiger partial charge in [-0.2, -0.15) is 0 Å². The van der Waals surface area contributed by atoms with Crippen molar-refractivity contribution in [2.75, 3.05) is 13.1 Å². The Morgan fingerprint density at radius 1 is 1.11 bits per heavy atom. The molecule has 2 rings (SSSR count). The second-order valence-electron chi connectivity index (χ2n) is 7.18. The minimum absolute atomic E-state index is 0.211. The molecule has 1 heterocycles. The van der Waals surface area contributed by atoms with Crippen molar-refractivity contribution in [3.05, 3.63) is 0 Å². The highest BCUT2D eigenvalue weighted by molar-refractivity contribution is 5.77. The molecule has 3 heteroatoms. The van der Waals surface area contributed by atoms with Gasteiger partial charge in [-0.1, -0.05) is 33.1 Å². The van der Waals surface area contributed by atoms with Crippen molar-refractivity contribution >= 4 is 5.91 Å². The van der Waals surface area contributed by atoms with Crippen LogP contribution in [0.4, 0.5) is 0 Å². The van der Waals surface area contributed by atoms with Gasteiger partial charge in [0.25, 0.3) is 0 Å². The predicted octanol–water partition coefficient (Wildman–Crippen LogP) is 2.69. The normalized spacial score (nSPS) is 26.9. The summed E-state index contributed by atoms with van der Waals surface area (Å²) in [6, 6.07) is 0. The summed E-state index contributed by atoms with van der Waals surface area (Å²) in [4.78, 5) is 14.5. The molecule has 0 atom stereocenters. The van der Waals surface area contributed by atoms with Crippen LogP contribution in [0.5, 0.6) is 0 Å². The number of rotatable bonds is 2. The third-order valence-electron chi connectivity index (χ3n) is 4.61. The lowest BCUT2D eigenvalue weighted by Gasteiger charge is -2.40. The van der Waals surface area contributed by atoms with Crippen molar-refractivity contribution in [3.8, 4) is 0 Å². The zero-order chi connectivity index (χ0) is 13.2. The van der Waals surface area contributed by atoms with Gasteiger partial charge in [-0.15, -0.1) is 0 Å². The standard InChI is InChI=1S/C15H28N2O/c1-14(2)7-6-10-17(12-14)13(18)11-15(16)8-4-3-5-9-15/h3-12,16H2,1-2H3. The molecule has 1 saturated carbocycles. The quantitative estimate of drug-likeness (QED) is 0.821. The Hall–Kier alpha value is -0.570. The average Bonchev–Trinajstić information content (AvgIpc) is 2.28. The summed E-state index contributed by atoms with van der Waals surface area (Å²) in [5.41, 5.74) is 6.46. The van der Waals surface area contributed by atoms with Gasteiger partial charge in [-0.3, -0.25) is 4.79 Å². The van der Waals surface area contributed by atoms with Gasteiger partial charge < -0.3 is 10.6 Å². The first-order valence-corrected chi connectivity index (χ1v) is 7.47. The van der Waals surface area contributed by atoms with Crippen LogP contribution in [-0.4, -0.2) is 29.4 Å². The molecule has 0 spiro atoms. The Bertz CT molecular complexity index is 306. The summed E-state index contributed by atoms with van der Waals surface area (Å²) < 4.78 is 0. The van der Waals surface area contributed by atoms with E-state index < -0.39 is 0 Å². The fourth-order valence-corrected chi connectivity index (χ4v) is 3.48. The number of nitrogens with two attached hydrogens (primary N) is 1. The SMILES string of the molecule is CC1(C)CCCN(C(=O)CC2(N)CCCCC2)C1. The van der Waals surface area contributed by atoms with Crippen LogP contribution in [0, 0.1) is 5.41 Å². The second-order valence-corrected chi connectivity index (χ2v) is 7.18. The number of piperidine rings is 1. The van der Waals surface area contributed by atoms with E-state index in [4.69, 9.17) is 5.73 Å². The maximum absolute atomic E-state index is 12.4. The smallest absolute Gasteiger partial charge is 0.224 e. The molecule has 104 valence electrons. The first kappa shape index (κ1) is 13.9. The Balaban J connectivity index is 1.91. The van der Waals surface area contributed by atoms with Crippen molar-refractivity contribution in [1.82, 2.24) is 4.90 Å². The maximum atomic E-state index is 12.4. The Labute approximate surface area is 111 Å². The van der Waals surface area contributed by atoms with E-state index >= 15 is 0 Å². The van der Waals surface area contributed by atoms with Gasteiger partial charge in [0, 0.05) is 25.0 Å². The number of hydrogen-bond donors (Lipinski definition) is 1. The molecule has 1 saturated heterocycles. The van der Waals surface area contributed by atoms with Crippen molar-refractivity contribution in [2.24, 2.45) is 11.1 Å². The molecule has 1 amide bonds. The third kappa shape index (κ3) is 3.47. The molecular weight excluding hydrogens is 224 g/mol. The van der Waals surface area contributed by atoms with Gasteiger partial charge in [0.05, 0.1) is 0 Å². The Kier molecular flexibility index (Phi) is 4.00. The fraction of sp³-hybridized carbons (Fsp3) is 0.933. The molecule has 0 bridgehead atoms. The van der Waals surface area contributed by atoms with Crippen LogP contribution < -0.4 is 5.73 Å². The lowest BCUT2D eigenvalue weighted by Crippen LogP contribution is -2.50. The highest BCUT2D eigenvalue weighted by atomic mass is 16.2. The highest BCUT2D eigenvalue weighted by Crippen LogP contribution is 2.32. The van der Waals surface area contributed by atoms with E-state index in [1.54, 1.807) is 0 Å². The minimum Gasteiger partial charge on any atom is -0.342 e. The van der Waals surface area contributed by atoms with Gasteiger partial charge in [0.15, 0.2) is 0 Å². The molecule has 2 fully saturated rings. The topological polar surface area (TPSA) is 46.3 Å². The summed E-state index contributed by atoms with van der Waals surface area (Å²) in [5, 5.41) is 0. The monoisotopic (exact) mass is 252 g/mol. The molecule has 2 N–H and O–H groups in total. The van der Waals surface area contributed by atoms with Crippen molar-refractivity contribution in [2.45, 2.75) is 70.8 Å². The van der Waals surface area contributed by atoms with E-state index in [0.717, 1.165) is 32.4 Å². The van der Waals surface area contributed by atoms with Crippen molar-refractivity contribution in [3.63, 3.8) is 0 Å². The zero-order valence-corrected chi connectivity index (χ0v) is 12.0. The van der Waals surface area contributed by atoms with Gasteiger partial charge >= 0.3 is 0 Å². The van der Waals surface area contributed by atoms with Crippen LogP contribution in [0.1, 0.15) is 65.2 Å². The summed E-state index contributed by atoms with van der Waals surface area (Å²) >= 11 is 0. The minimum atomic E-state index is -0.211. The zero-order valence-electron chi connectivity index (χ0n) is 12.0. The van der Waals surface area contributed by atoms with Gasteiger partial charge in [0.2, 0.25) is 5.91 Å². The molecular formula is C15H28N2O. The van der Waals surface area contributed by atoms with Crippen LogP contribution in [0.2, 0.25) is 0 Å². The molecule has 0 aromatic heterocycles. The Morgan fingerprint density at radius 3 is 2.39 bits per heavy atom. The molecule has 2 aliphatic rings. The molecule has 0 radical (unpaired) electrons. The molecule has 0 aromatic carbocycles. The summed E-state index contributed by atoms with van der Waals surface area (Å²) in [6.45, 7) is 6.34. The van der Waals surface area contributed by atoms with Crippen LogP contribution in [-0.2, 0) is 4.79 Å². The molecule has 1 aliphatic carbocycles.